The number of thiophene rings is 1. The Morgan fingerprint density at radius 1 is 1.37 bits per heavy atom. The number of hydrogen-bond acceptors (Lipinski definition) is 3. The number of carbonyl (C=O) groups excluding carboxylic acids is 1. The van der Waals surface area contributed by atoms with Crippen LogP contribution in [0.4, 0.5) is 5.00 Å². The monoisotopic (exact) mass is 270 g/mol. The number of anilines is 1. The quantitative estimate of drug-likeness (QED) is 0.929. The van der Waals surface area contributed by atoms with Gasteiger partial charge < -0.3 is 5.32 Å². The Kier molecular flexibility index (Phi) is 3.98. The van der Waals surface area contributed by atoms with Gasteiger partial charge in [-0.3, -0.25) is 4.79 Å². The zero-order valence-electron chi connectivity index (χ0n) is 10.9. The molecule has 0 radical (unpaired) electrons. The minimum absolute atomic E-state index is 0.0918. The first kappa shape index (κ1) is 13.3. The molecule has 1 N–H and O–H groups in total. The van der Waals surface area contributed by atoms with E-state index in [9.17, 15) is 4.79 Å². The number of hydrogen-bond donors (Lipinski definition) is 1. The number of benzene rings is 1. The molecule has 0 atom stereocenters. The van der Waals surface area contributed by atoms with Crippen LogP contribution in [0.25, 0.3) is 0 Å². The molecule has 0 fully saturated rings. The Morgan fingerprint density at radius 3 is 2.84 bits per heavy atom. The van der Waals surface area contributed by atoms with Crippen molar-refractivity contribution in [1.82, 2.24) is 0 Å². The highest BCUT2D eigenvalue weighted by Gasteiger charge is 2.10. The summed E-state index contributed by atoms with van der Waals surface area (Å²) in [6.45, 7) is 4.03. The highest BCUT2D eigenvalue weighted by Crippen LogP contribution is 2.22. The predicted octanol–water partition coefficient (Wildman–Crippen LogP) is 3.42. The normalized spacial score (nSPS) is 9.95. The van der Waals surface area contributed by atoms with Gasteiger partial charge in [-0.05, 0) is 36.4 Å². The van der Waals surface area contributed by atoms with Crippen LogP contribution in [0.5, 0.6) is 0 Å². The number of aryl methyl sites for hydroxylation is 2. The van der Waals surface area contributed by atoms with Crippen molar-refractivity contribution >= 4 is 22.2 Å². The van der Waals surface area contributed by atoms with Gasteiger partial charge in [0.1, 0.15) is 11.1 Å². The number of nitrogens with one attached hydrogen (secondary N) is 1. The van der Waals surface area contributed by atoms with E-state index in [1.54, 1.807) is 11.4 Å². The summed E-state index contributed by atoms with van der Waals surface area (Å²) in [6, 6.07) is 9.81. The third-order valence-corrected chi connectivity index (χ3v) is 3.72. The van der Waals surface area contributed by atoms with Gasteiger partial charge in [0.15, 0.2) is 0 Å². The van der Waals surface area contributed by atoms with Crippen LogP contribution in [-0.2, 0) is 11.2 Å². The summed E-state index contributed by atoms with van der Waals surface area (Å²) in [5.74, 6) is -0.0918. The Labute approximate surface area is 116 Å². The minimum atomic E-state index is -0.0918. The fraction of sp³-hybridized carbons (Fsp3) is 0.200. The first-order valence-corrected chi connectivity index (χ1v) is 6.81. The second-order valence-corrected chi connectivity index (χ2v) is 5.35. The molecule has 19 heavy (non-hydrogen) atoms. The molecule has 0 aliphatic heterocycles. The lowest BCUT2D eigenvalue weighted by Gasteiger charge is -2.07. The molecule has 0 saturated carbocycles. The maximum absolute atomic E-state index is 12.0. The maximum atomic E-state index is 12.0. The van der Waals surface area contributed by atoms with Crippen LogP contribution in [-0.4, -0.2) is 5.91 Å². The molecule has 0 spiro atoms. The van der Waals surface area contributed by atoms with Gasteiger partial charge >= 0.3 is 0 Å². The van der Waals surface area contributed by atoms with E-state index in [1.165, 1.54) is 16.9 Å². The van der Waals surface area contributed by atoms with Crippen LogP contribution in [0.1, 0.15) is 22.3 Å². The van der Waals surface area contributed by atoms with E-state index in [0.717, 1.165) is 11.1 Å². The molecule has 1 amide bonds. The second kappa shape index (κ2) is 5.68. The first-order valence-electron chi connectivity index (χ1n) is 5.93. The van der Waals surface area contributed by atoms with Crippen LogP contribution in [0, 0.1) is 25.2 Å². The molecule has 4 heteroatoms. The Bertz CT molecular complexity index is 652. The van der Waals surface area contributed by atoms with Crippen molar-refractivity contribution in [2.75, 3.05) is 5.32 Å². The SMILES string of the molecule is Cc1ccc(CC(=O)Nc2sccc2C#N)c(C)c1. The molecule has 0 unspecified atom stereocenters. The molecule has 1 aromatic carbocycles. The lowest BCUT2D eigenvalue weighted by atomic mass is 10.0. The fourth-order valence-corrected chi connectivity index (χ4v) is 2.64. The van der Waals surface area contributed by atoms with Crippen LogP contribution < -0.4 is 5.32 Å². The summed E-state index contributed by atoms with van der Waals surface area (Å²) in [5, 5.41) is 14.1. The number of nitriles is 1. The van der Waals surface area contributed by atoms with Gasteiger partial charge in [-0.15, -0.1) is 11.3 Å². The molecule has 0 aliphatic carbocycles. The van der Waals surface area contributed by atoms with Gasteiger partial charge in [0.2, 0.25) is 5.91 Å². The Morgan fingerprint density at radius 2 is 2.16 bits per heavy atom. The van der Waals surface area contributed by atoms with Gasteiger partial charge in [-0.2, -0.15) is 5.26 Å². The van der Waals surface area contributed by atoms with Gasteiger partial charge in [0.25, 0.3) is 0 Å². The molecule has 96 valence electrons. The highest BCUT2D eigenvalue weighted by molar-refractivity contribution is 7.14. The Hall–Kier alpha value is -2.12. The molecular formula is C15H14N2OS. The van der Waals surface area contributed by atoms with E-state index < -0.39 is 0 Å². The summed E-state index contributed by atoms with van der Waals surface area (Å²) in [5.41, 5.74) is 3.82. The van der Waals surface area contributed by atoms with Crippen molar-refractivity contribution in [2.45, 2.75) is 20.3 Å². The molecule has 0 saturated heterocycles. The third-order valence-electron chi connectivity index (χ3n) is 2.89. The number of amides is 1. The summed E-state index contributed by atoms with van der Waals surface area (Å²) in [6.07, 6.45) is 0.328. The second-order valence-electron chi connectivity index (χ2n) is 4.43. The van der Waals surface area contributed by atoms with Crippen molar-refractivity contribution < 1.29 is 4.79 Å². The molecule has 0 aliphatic rings. The number of carbonyl (C=O) groups is 1. The van der Waals surface area contributed by atoms with Crippen LogP contribution in [0.2, 0.25) is 0 Å². The summed E-state index contributed by atoms with van der Waals surface area (Å²) < 4.78 is 0. The van der Waals surface area contributed by atoms with Gasteiger partial charge in [-0.1, -0.05) is 23.8 Å². The lowest BCUT2D eigenvalue weighted by molar-refractivity contribution is -0.115. The predicted molar refractivity (Wildman–Crippen MR) is 77.3 cm³/mol. The smallest absolute Gasteiger partial charge is 0.229 e. The van der Waals surface area contributed by atoms with Crippen LogP contribution in [0.15, 0.2) is 29.6 Å². The molecule has 0 bridgehead atoms. The summed E-state index contributed by atoms with van der Waals surface area (Å²) in [7, 11) is 0. The largest absolute Gasteiger partial charge is 0.316 e. The van der Waals surface area contributed by atoms with Crippen LogP contribution >= 0.6 is 11.3 Å². The number of rotatable bonds is 3. The van der Waals surface area contributed by atoms with E-state index >= 15 is 0 Å². The standard InChI is InChI=1S/C15H14N2OS/c1-10-3-4-12(11(2)7-10)8-14(18)17-15-13(9-16)5-6-19-15/h3-7H,8H2,1-2H3,(H,17,18). The molecule has 1 heterocycles. The van der Waals surface area contributed by atoms with Gasteiger partial charge in [0.05, 0.1) is 12.0 Å². The molecule has 2 rings (SSSR count). The summed E-state index contributed by atoms with van der Waals surface area (Å²) in [4.78, 5) is 12.0. The van der Waals surface area contributed by atoms with Crippen molar-refractivity contribution in [3.8, 4) is 6.07 Å². The minimum Gasteiger partial charge on any atom is -0.316 e. The average Bonchev–Trinajstić information content (AvgIpc) is 2.80. The van der Waals surface area contributed by atoms with Crippen molar-refractivity contribution in [3.05, 3.63) is 51.9 Å². The van der Waals surface area contributed by atoms with E-state index in [2.05, 4.69) is 17.5 Å². The number of nitrogens with zero attached hydrogens (tertiary/aromatic N) is 1. The summed E-state index contributed by atoms with van der Waals surface area (Å²) >= 11 is 1.37. The average molecular weight is 270 g/mol. The van der Waals surface area contributed by atoms with Gasteiger partial charge in [-0.25, -0.2) is 0 Å². The van der Waals surface area contributed by atoms with Crippen molar-refractivity contribution in [2.24, 2.45) is 0 Å². The topological polar surface area (TPSA) is 52.9 Å². The van der Waals surface area contributed by atoms with E-state index in [1.807, 2.05) is 26.0 Å². The van der Waals surface area contributed by atoms with E-state index in [4.69, 9.17) is 5.26 Å². The van der Waals surface area contributed by atoms with Crippen molar-refractivity contribution in [1.29, 1.82) is 5.26 Å². The van der Waals surface area contributed by atoms with Gasteiger partial charge in [0, 0.05) is 0 Å². The molecule has 3 nitrogen and oxygen atoms in total. The third kappa shape index (κ3) is 3.21. The maximum Gasteiger partial charge on any atom is 0.229 e. The molecular weight excluding hydrogens is 256 g/mol. The van der Waals surface area contributed by atoms with Crippen molar-refractivity contribution in [3.63, 3.8) is 0 Å². The Balaban J connectivity index is 2.08. The highest BCUT2D eigenvalue weighted by atomic mass is 32.1. The zero-order chi connectivity index (χ0) is 13.8. The lowest BCUT2D eigenvalue weighted by Crippen LogP contribution is -2.14. The molecule has 2 aromatic rings. The van der Waals surface area contributed by atoms with E-state index in [-0.39, 0.29) is 5.91 Å². The zero-order valence-corrected chi connectivity index (χ0v) is 11.7. The van der Waals surface area contributed by atoms with E-state index in [0.29, 0.717) is 17.0 Å². The van der Waals surface area contributed by atoms with Crippen LogP contribution in [0.3, 0.4) is 0 Å². The molecule has 1 aromatic heterocycles. The fourth-order valence-electron chi connectivity index (χ4n) is 1.88. The first-order chi connectivity index (χ1) is 9.10.